The third-order valence-electron chi connectivity index (χ3n) is 2.74. The second kappa shape index (κ2) is 5.44. The number of carbonyl (C=O) groups excluding carboxylic acids is 1. The zero-order valence-electron chi connectivity index (χ0n) is 11.3. The molecular formula is C13H16N2O3S. The van der Waals surface area contributed by atoms with Gasteiger partial charge < -0.3 is 9.47 Å². The minimum Gasteiger partial charge on any atom is -0.495 e. The largest absolute Gasteiger partial charge is 0.495 e. The Balaban J connectivity index is 2.52. The second-order valence-electron chi connectivity index (χ2n) is 4.25. The van der Waals surface area contributed by atoms with E-state index in [9.17, 15) is 4.79 Å². The third-order valence-corrected chi connectivity index (χ3v) is 3.64. The molecule has 0 atom stereocenters. The molecule has 6 heteroatoms. The van der Waals surface area contributed by atoms with Crippen molar-refractivity contribution in [3.8, 4) is 11.5 Å². The number of methoxy groups -OCH3 is 2. The van der Waals surface area contributed by atoms with E-state index in [0.29, 0.717) is 22.1 Å². The lowest BCUT2D eigenvalue weighted by atomic mass is 10.2. The fourth-order valence-electron chi connectivity index (χ4n) is 1.83. The van der Waals surface area contributed by atoms with Gasteiger partial charge in [-0.1, -0.05) is 0 Å². The number of ketones is 1. The Morgan fingerprint density at radius 1 is 1.32 bits per heavy atom. The maximum atomic E-state index is 12.6. The molecule has 0 aliphatic carbocycles. The Kier molecular flexibility index (Phi) is 3.90. The highest BCUT2D eigenvalue weighted by molar-refractivity contribution is 7.12. The molecule has 0 bridgehead atoms. The maximum Gasteiger partial charge on any atom is 0.228 e. The predicted molar refractivity (Wildman–Crippen MR) is 73.5 cm³/mol. The number of hydrogen-bond acceptors (Lipinski definition) is 5. The first-order chi connectivity index (χ1) is 9.10. The summed E-state index contributed by atoms with van der Waals surface area (Å²) in [7, 11) is 3.08. The first-order valence-corrected chi connectivity index (χ1v) is 6.75. The molecule has 0 amide bonds. The molecule has 2 rings (SSSR count). The van der Waals surface area contributed by atoms with Gasteiger partial charge in [-0.2, -0.15) is 5.10 Å². The average molecular weight is 280 g/mol. The van der Waals surface area contributed by atoms with Gasteiger partial charge in [0.05, 0.1) is 20.4 Å². The minimum absolute atomic E-state index is 0.0776. The Morgan fingerprint density at radius 3 is 2.58 bits per heavy atom. The van der Waals surface area contributed by atoms with Gasteiger partial charge in [0, 0.05) is 6.04 Å². The zero-order chi connectivity index (χ0) is 14.0. The quantitative estimate of drug-likeness (QED) is 0.790. The standard InChI is InChI=1S/C13H16N2O3S/c1-8(2)15-11(10(18-4)7-14-15)12(16)13-9(17-3)5-6-19-13/h5-8H,1-4H3. The van der Waals surface area contributed by atoms with Gasteiger partial charge in [-0.15, -0.1) is 11.3 Å². The van der Waals surface area contributed by atoms with E-state index in [1.54, 1.807) is 24.1 Å². The van der Waals surface area contributed by atoms with Crippen molar-refractivity contribution >= 4 is 17.1 Å². The molecule has 0 aromatic carbocycles. The summed E-state index contributed by atoms with van der Waals surface area (Å²) >= 11 is 1.35. The molecule has 0 fully saturated rings. The van der Waals surface area contributed by atoms with Crippen LogP contribution in [0.4, 0.5) is 0 Å². The van der Waals surface area contributed by atoms with Gasteiger partial charge in [-0.05, 0) is 25.3 Å². The highest BCUT2D eigenvalue weighted by Gasteiger charge is 2.25. The smallest absolute Gasteiger partial charge is 0.228 e. The van der Waals surface area contributed by atoms with E-state index in [1.807, 2.05) is 19.2 Å². The maximum absolute atomic E-state index is 12.6. The van der Waals surface area contributed by atoms with Crippen LogP contribution in [0.25, 0.3) is 0 Å². The van der Waals surface area contributed by atoms with Crippen molar-refractivity contribution in [2.45, 2.75) is 19.9 Å². The number of hydrogen-bond donors (Lipinski definition) is 0. The Morgan fingerprint density at radius 2 is 2.00 bits per heavy atom. The summed E-state index contributed by atoms with van der Waals surface area (Å²) in [5.74, 6) is 0.928. The molecule has 0 saturated carbocycles. The Bertz CT molecular complexity index is 586. The lowest BCUT2D eigenvalue weighted by Crippen LogP contribution is -2.14. The van der Waals surface area contributed by atoms with E-state index in [4.69, 9.17) is 9.47 Å². The van der Waals surface area contributed by atoms with Gasteiger partial charge in [0.1, 0.15) is 10.6 Å². The van der Waals surface area contributed by atoms with Crippen LogP contribution in [0, 0.1) is 0 Å². The molecule has 2 aromatic rings. The van der Waals surface area contributed by atoms with E-state index < -0.39 is 0 Å². The van der Waals surface area contributed by atoms with Crippen LogP contribution in [-0.4, -0.2) is 29.8 Å². The molecule has 0 spiro atoms. The topological polar surface area (TPSA) is 53.4 Å². The normalized spacial score (nSPS) is 10.8. The van der Waals surface area contributed by atoms with Crippen LogP contribution < -0.4 is 9.47 Å². The van der Waals surface area contributed by atoms with Crippen LogP contribution in [0.3, 0.4) is 0 Å². The Hall–Kier alpha value is -1.82. The van der Waals surface area contributed by atoms with E-state index in [0.717, 1.165) is 0 Å². The van der Waals surface area contributed by atoms with Gasteiger partial charge >= 0.3 is 0 Å². The zero-order valence-corrected chi connectivity index (χ0v) is 12.2. The van der Waals surface area contributed by atoms with Gasteiger partial charge in [-0.3, -0.25) is 9.48 Å². The lowest BCUT2D eigenvalue weighted by Gasteiger charge is -2.11. The molecule has 0 radical (unpaired) electrons. The molecule has 102 valence electrons. The molecular weight excluding hydrogens is 264 g/mol. The first-order valence-electron chi connectivity index (χ1n) is 5.87. The Labute approximate surface area is 115 Å². The summed E-state index contributed by atoms with van der Waals surface area (Å²) in [6, 6.07) is 1.86. The molecule has 19 heavy (non-hydrogen) atoms. The number of carbonyl (C=O) groups is 1. The van der Waals surface area contributed by atoms with Crippen molar-refractivity contribution < 1.29 is 14.3 Å². The predicted octanol–water partition coefficient (Wildman–Crippen LogP) is 2.77. The number of ether oxygens (including phenoxy) is 2. The average Bonchev–Trinajstić information content (AvgIpc) is 3.03. The van der Waals surface area contributed by atoms with Crippen molar-refractivity contribution in [1.82, 2.24) is 9.78 Å². The summed E-state index contributed by atoms with van der Waals surface area (Å²) in [4.78, 5) is 13.2. The molecule has 2 heterocycles. The summed E-state index contributed by atoms with van der Waals surface area (Å²) in [5.41, 5.74) is 0.457. The van der Waals surface area contributed by atoms with Crippen LogP contribution in [0.2, 0.25) is 0 Å². The molecule has 0 saturated heterocycles. The minimum atomic E-state index is -0.130. The van der Waals surface area contributed by atoms with Crippen LogP contribution in [0.15, 0.2) is 17.6 Å². The number of thiophene rings is 1. The van der Waals surface area contributed by atoms with E-state index in [2.05, 4.69) is 5.10 Å². The summed E-state index contributed by atoms with van der Waals surface area (Å²) < 4.78 is 12.1. The molecule has 0 aliphatic rings. The molecule has 0 aliphatic heterocycles. The summed E-state index contributed by atoms with van der Waals surface area (Å²) in [6.07, 6.45) is 1.56. The number of aromatic nitrogens is 2. The molecule has 0 unspecified atom stereocenters. The van der Waals surface area contributed by atoms with Gasteiger partial charge in [0.25, 0.3) is 0 Å². The van der Waals surface area contributed by atoms with Gasteiger partial charge in [-0.25, -0.2) is 0 Å². The fraction of sp³-hybridized carbons (Fsp3) is 0.385. The fourth-order valence-corrected chi connectivity index (χ4v) is 2.63. The van der Waals surface area contributed by atoms with Gasteiger partial charge in [0.2, 0.25) is 5.78 Å². The highest BCUT2D eigenvalue weighted by atomic mass is 32.1. The van der Waals surface area contributed by atoms with E-state index >= 15 is 0 Å². The van der Waals surface area contributed by atoms with Crippen molar-refractivity contribution in [2.24, 2.45) is 0 Å². The summed E-state index contributed by atoms with van der Waals surface area (Å²) in [6.45, 7) is 3.93. The molecule has 0 N–H and O–H groups in total. The number of nitrogens with zero attached hydrogens (tertiary/aromatic N) is 2. The van der Waals surface area contributed by atoms with Crippen molar-refractivity contribution in [2.75, 3.05) is 14.2 Å². The SMILES string of the molecule is COc1ccsc1C(=O)c1c(OC)cnn1C(C)C. The third kappa shape index (κ3) is 2.35. The molecule has 2 aromatic heterocycles. The van der Waals surface area contributed by atoms with Crippen LogP contribution in [-0.2, 0) is 0 Å². The number of rotatable bonds is 5. The van der Waals surface area contributed by atoms with Crippen molar-refractivity contribution in [1.29, 1.82) is 0 Å². The van der Waals surface area contributed by atoms with Crippen molar-refractivity contribution in [3.05, 3.63) is 28.2 Å². The summed E-state index contributed by atoms with van der Waals surface area (Å²) in [5, 5.41) is 6.04. The van der Waals surface area contributed by atoms with Crippen LogP contribution in [0.5, 0.6) is 11.5 Å². The monoisotopic (exact) mass is 280 g/mol. The second-order valence-corrected chi connectivity index (χ2v) is 5.16. The van der Waals surface area contributed by atoms with Gasteiger partial charge in [0.15, 0.2) is 11.4 Å². The first kappa shape index (κ1) is 13.6. The van der Waals surface area contributed by atoms with Crippen molar-refractivity contribution in [3.63, 3.8) is 0 Å². The van der Waals surface area contributed by atoms with Crippen LogP contribution >= 0.6 is 11.3 Å². The lowest BCUT2D eigenvalue weighted by molar-refractivity contribution is 0.102. The molecule has 5 nitrogen and oxygen atoms in total. The highest BCUT2D eigenvalue weighted by Crippen LogP contribution is 2.31. The van der Waals surface area contributed by atoms with Crippen LogP contribution in [0.1, 0.15) is 35.3 Å². The van der Waals surface area contributed by atoms with E-state index in [-0.39, 0.29) is 11.8 Å². The van der Waals surface area contributed by atoms with E-state index in [1.165, 1.54) is 18.4 Å².